The van der Waals surface area contributed by atoms with Gasteiger partial charge in [0.25, 0.3) is 0 Å². The van der Waals surface area contributed by atoms with Gasteiger partial charge in [0, 0.05) is 0 Å². The molecule has 0 saturated carbocycles. The topological polar surface area (TPSA) is 0 Å². The number of unbranched alkanes of at least 4 members (excludes halogenated alkanes) is 1. The van der Waals surface area contributed by atoms with Crippen LogP contribution in [0, 0.1) is 0 Å². The van der Waals surface area contributed by atoms with E-state index in [1.54, 1.807) is 0 Å². The van der Waals surface area contributed by atoms with E-state index in [0.717, 1.165) is 6.42 Å². The number of aryl methyl sites for hydroxylation is 1. The summed E-state index contributed by atoms with van der Waals surface area (Å²) in [5, 5.41) is 2.68. The molecule has 0 spiro atoms. The van der Waals surface area contributed by atoms with E-state index in [4.69, 9.17) is 0 Å². The second kappa shape index (κ2) is 5.86. The van der Waals surface area contributed by atoms with Crippen LogP contribution < -0.4 is 0 Å². The highest BCUT2D eigenvalue weighted by Crippen LogP contribution is 2.28. The molecule has 0 fully saturated rings. The van der Waals surface area contributed by atoms with E-state index in [1.165, 1.54) is 46.7 Å². The molecule has 0 unspecified atom stereocenters. The molecule has 0 radical (unpaired) electrons. The van der Waals surface area contributed by atoms with E-state index >= 15 is 0 Å². The molecule has 0 bridgehead atoms. The average molecular weight is 238 g/mol. The van der Waals surface area contributed by atoms with Gasteiger partial charge in [-0.3, -0.25) is 0 Å². The fourth-order valence-corrected chi connectivity index (χ4v) is 2.68. The Labute approximate surface area is 110 Å². The lowest BCUT2D eigenvalue weighted by Crippen LogP contribution is -1.98. The zero-order valence-corrected chi connectivity index (χ0v) is 11.5. The third-order valence-corrected chi connectivity index (χ3v) is 3.66. The molecule has 94 valence electrons. The molecule has 0 aliphatic carbocycles. The van der Waals surface area contributed by atoms with Crippen LogP contribution in [-0.2, 0) is 12.8 Å². The summed E-state index contributed by atoms with van der Waals surface area (Å²) in [5.41, 5.74) is 4.34. The molecule has 2 aromatic rings. The van der Waals surface area contributed by atoms with Crippen molar-refractivity contribution in [2.75, 3.05) is 0 Å². The fraction of sp³-hybridized carbons (Fsp3) is 0.333. The number of rotatable bonds is 5. The molecule has 0 heteroatoms. The maximum absolute atomic E-state index is 4.03. The molecule has 2 rings (SSSR count). The summed E-state index contributed by atoms with van der Waals surface area (Å²) in [6, 6.07) is 11.0. The summed E-state index contributed by atoms with van der Waals surface area (Å²) in [7, 11) is 0. The second-order valence-electron chi connectivity index (χ2n) is 4.81. The normalized spacial score (nSPS) is 10.8. The van der Waals surface area contributed by atoms with Crippen LogP contribution in [0.1, 0.15) is 43.4 Å². The van der Waals surface area contributed by atoms with E-state index in [2.05, 4.69) is 50.8 Å². The number of fused-ring (bicyclic) bond motifs is 1. The molecule has 0 saturated heterocycles. The van der Waals surface area contributed by atoms with Crippen molar-refractivity contribution in [1.82, 2.24) is 0 Å². The molecule has 0 nitrogen and oxygen atoms in total. The first-order valence-corrected chi connectivity index (χ1v) is 6.97. The molecule has 18 heavy (non-hydrogen) atoms. The first-order chi connectivity index (χ1) is 8.81. The minimum absolute atomic E-state index is 1.10. The Morgan fingerprint density at radius 3 is 2.61 bits per heavy atom. The number of benzene rings is 2. The van der Waals surface area contributed by atoms with E-state index in [0.29, 0.717) is 0 Å². The van der Waals surface area contributed by atoms with Crippen LogP contribution in [0.3, 0.4) is 0 Å². The highest BCUT2D eigenvalue weighted by Gasteiger charge is 2.09. The van der Waals surface area contributed by atoms with Crippen molar-refractivity contribution in [3.8, 4) is 0 Å². The van der Waals surface area contributed by atoms with Crippen molar-refractivity contribution in [2.24, 2.45) is 0 Å². The predicted molar refractivity (Wildman–Crippen MR) is 82.0 cm³/mol. The summed E-state index contributed by atoms with van der Waals surface area (Å²) < 4.78 is 0. The summed E-state index contributed by atoms with van der Waals surface area (Å²) >= 11 is 0. The van der Waals surface area contributed by atoms with Gasteiger partial charge in [0.05, 0.1) is 0 Å². The summed E-state index contributed by atoms with van der Waals surface area (Å²) in [6.45, 7) is 8.52. The predicted octanol–water partition coefficient (Wildman–Crippen LogP) is 5.39. The minimum Gasteiger partial charge on any atom is -0.0984 e. The van der Waals surface area contributed by atoms with Crippen LogP contribution in [0.15, 0.2) is 36.9 Å². The Kier molecular flexibility index (Phi) is 4.19. The largest absolute Gasteiger partial charge is 0.0984 e. The third kappa shape index (κ3) is 2.33. The van der Waals surface area contributed by atoms with Crippen LogP contribution in [-0.4, -0.2) is 0 Å². The van der Waals surface area contributed by atoms with Crippen LogP contribution in [0.25, 0.3) is 16.8 Å². The summed E-state index contributed by atoms with van der Waals surface area (Å²) in [5.74, 6) is 0. The third-order valence-electron chi connectivity index (χ3n) is 3.66. The molecule has 2 aromatic carbocycles. The van der Waals surface area contributed by atoms with Crippen molar-refractivity contribution >= 4 is 16.8 Å². The first-order valence-electron chi connectivity index (χ1n) is 6.97. The van der Waals surface area contributed by atoms with Crippen LogP contribution in [0.4, 0.5) is 0 Å². The van der Waals surface area contributed by atoms with E-state index < -0.39 is 0 Å². The van der Waals surface area contributed by atoms with Crippen molar-refractivity contribution in [3.63, 3.8) is 0 Å². The standard InChI is InChI=1S/C18H22/c1-4-7-11-17-14(5-2)13-15-10-8-9-12-18(15)16(17)6-3/h6,8-10,12-13H,3-5,7,11H2,1-2H3. The van der Waals surface area contributed by atoms with Gasteiger partial charge in [0.1, 0.15) is 0 Å². The van der Waals surface area contributed by atoms with Crippen molar-refractivity contribution < 1.29 is 0 Å². The second-order valence-corrected chi connectivity index (χ2v) is 4.81. The maximum Gasteiger partial charge on any atom is -0.0109 e. The van der Waals surface area contributed by atoms with Gasteiger partial charge in [0.2, 0.25) is 0 Å². The average Bonchev–Trinajstić information content (AvgIpc) is 2.43. The lowest BCUT2D eigenvalue weighted by molar-refractivity contribution is 0.787. The van der Waals surface area contributed by atoms with Gasteiger partial charge in [-0.25, -0.2) is 0 Å². The monoisotopic (exact) mass is 238 g/mol. The maximum atomic E-state index is 4.03. The van der Waals surface area contributed by atoms with Crippen molar-refractivity contribution in [3.05, 3.63) is 53.6 Å². The van der Waals surface area contributed by atoms with Gasteiger partial charge < -0.3 is 0 Å². The highest BCUT2D eigenvalue weighted by molar-refractivity contribution is 5.92. The molecule has 0 amide bonds. The van der Waals surface area contributed by atoms with Gasteiger partial charge >= 0.3 is 0 Å². The summed E-state index contributed by atoms with van der Waals surface area (Å²) in [4.78, 5) is 0. The smallest absolute Gasteiger partial charge is 0.0109 e. The number of hydrogen-bond acceptors (Lipinski definition) is 0. The minimum atomic E-state index is 1.10. The lowest BCUT2D eigenvalue weighted by Gasteiger charge is -2.15. The van der Waals surface area contributed by atoms with Crippen LogP contribution in [0.5, 0.6) is 0 Å². The van der Waals surface area contributed by atoms with E-state index in [-0.39, 0.29) is 0 Å². The zero-order chi connectivity index (χ0) is 13.0. The van der Waals surface area contributed by atoms with E-state index in [1.807, 2.05) is 6.08 Å². The van der Waals surface area contributed by atoms with Crippen LogP contribution >= 0.6 is 0 Å². The van der Waals surface area contributed by atoms with E-state index in [9.17, 15) is 0 Å². The molecule has 0 N–H and O–H groups in total. The Morgan fingerprint density at radius 1 is 1.17 bits per heavy atom. The Hall–Kier alpha value is -1.56. The van der Waals surface area contributed by atoms with Crippen LogP contribution in [0.2, 0.25) is 0 Å². The Balaban J connectivity index is 2.67. The molecule has 0 aromatic heterocycles. The van der Waals surface area contributed by atoms with Gasteiger partial charge in [-0.15, -0.1) is 0 Å². The molecule has 0 heterocycles. The summed E-state index contributed by atoms with van der Waals surface area (Å²) in [6.07, 6.45) is 6.81. The lowest BCUT2D eigenvalue weighted by atomic mass is 9.90. The molecular weight excluding hydrogens is 216 g/mol. The van der Waals surface area contributed by atoms with Gasteiger partial charge in [-0.1, -0.05) is 63.3 Å². The first kappa shape index (κ1) is 12.9. The Bertz CT molecular complexity index is 549. The fourth-order valence-electron chi connectivity index (χ4n) is 2.68. The SMILES string of the molecule is C=Cc1c(CCCC)c(CC)cc2ccccc12. The van der Waals surface area contributed by atoms with Gasteiger partial charge in [0.15, 0.2) is 0 Å². The quantitative estimate of drug-likeness (QED) is 0.655. The molecular formula is C18H22. The zero-order valence-electron chi connectivity index (χ0n) is 11.5. The van der Waals surface area contributed by atoms with Crippen molar-refractivity contribution in [1.29, 1.82) is 0 Å². The number of hydrogen-bond donors (Lipinski definition) is 0. The van der Waals surface area contributed by atoms with Gasteiger partial charge in [-0.2, -0.15) is 0 Å². The van der Waals surface area contributed by atoms with Gasteiger partial charge in [-0.05, 0) is 46.7 Å². The highest BCUT2D eigenvalue weighted by atomic mass is 14.1. The molecule has 0 atom stereocenters. The molecule has 0 aliphatic heterocycles. The van der Waals surface area contributed by atoms with Crippen molar-refractivity contribution in [2.45, 2.75) is 39.5 Å². The Morgan fingerprint density at radius 2 is 1.94 bits per heavy atom. The molecule has 0 aliphatic rings.